The van der Waals surface area contributed by atoms with Gasteiger partial charge in [-0.25, -0.2) is 9.97 Å². The first-order valence-corrected chi connectivity index (χ1v) is 5.65. The molecule has 5 nitrogen and oxygen atoms in total. The number of aromatic nitrogens is 2. The van der Waals surface area contributed by atoms with Gasteiger partial charge in [-0.1, -0.05) is 6.07 Å². The third-order valence-electron chi connectivity index (χ3n) is 2.51. The van der Waals surface area contributed by atoms with Gasteiger partial charge in [-0.3, -0.25) is 0 Å². The molecular weight excluding hydrogens is 230 g/mol. The molecule has 0 aliphatic rings. The molecule has 3 N–H and O–H groups in total. The van der Waals surface area contributed by atoms with Crippen molar-refractivity contribution in [1.82, 2.24) is 15.3 Å². The van der Waals surface area contributed by atoms with Gasteiger partial charge < -0.3 is 15.5 Å². The maximum Gasteiger partial charge on any atom is 0.157 e. The van der Waals surface area contributed by atoms with Crippen molar-refractivity contribution in [2.75, 3.05) is 0 Å². The van der Waals surface area contributed by atoms with Crippen molar-refractivity contribution in [3.05, 3.63) is 47.5 Å². The predicted molar refractivity (Wildman–Crippen MR) is 67.1 cm³/mol. The van der Waals surface area contributed by atoms with Gasteiger partial charge in [-0.05, 0) is 30.7 Å². The average molecular weight is 245 g/mol. The van der Waals surface area contributed by atoms with Crippen molar-refractivity contribution in [2.24, 2.45) is 0 Å². The molecule has 0 saturated heterocycles. The molecule has 2 aromatic rings. The van der Waals surface area contributed by atoms with E-state index in [-0.39, 0.29) is 11.5 Å². The maximum atomic E-state index is 9.35. The molecule has 0 atom stereocenters. The minimum Gasteiger partial charge on any atom is -0.504 e. The smallest absolute Gasteiger partial charge is 0.157 e. The van der Waals surface area contributed by atoms with Crippen LogP contribution in [0.2, 0.25) is 0 Å². The summed E-state index contributed by atoms with van der Waals surface area (Å²) in [5.74, 6) is 0.536. The first kappa shape index (κ1) is 12.3. The summed E-state index contributed by atoms with van der Waals surface area (Å²) in [6.07, 6.45) is 1.73. The molecule has 0 amide bonds. The van der Waals surface area contributed by atoms with E-state index in [1.165, 1.54) is 12.1 Å². The molecule has 94 valence electrons. The van der Waals surface area contributed by atoms with Crippen LogP contribution in [0.5, 0.6) is 11.5 Å². The van der Waals surface area contributed by atoms with Crippen LogP contribution in [0, 0.1) is 6.92 Å². The van der Waals surface area contributed by atoms with Crippen LogP contribution in [0.15, 0.2) is 30.5 Å². The van der Waals surface area contributed by atoms with E-state index in [4.69, 9.17) is 0 Å². The lowest BCUT2D eigenvalue weighted by Gasteiger charge is -2.06. The number of aryl methyl sites for hydroxylation is 1. The summed E-state index contributed by atoms with van der Waals surface area (Å²) in [7, 11) is 0. The lowest BCUT2D eigenvalue weighted by molar-refractivity contribution is 0.403. The van der Waals surface area contributed by atoms with Crippen molar-refractivity contribution in [3.8, 4) is 11.5 Å². The van der Waals surface area contributed by atoms with E-state index in [9.17, 15) is 10.2 Å². The Kier molecular flexibility index (Phi) is 3.74. The molecule has 0 aliphatic carbocycles. The number of benzene rings is 1. The van der Waals surface area contributed by atoms with Gasteiger partial charge in [0.25, 0.3) is 0 Å². The van der Waals surface area contributed by atoms with Crippen molar-refractivity contribution in [1.29, 1.82) is 0 Å². The van der Waals surface area contributed by atoms with Gasteiger partial charge in [-0.15, -0.1) is 0 Å². The predicted octanol–water partition coefficient (Wildman–Crippen LogP) is 1.49. The summed E-state index contributed by atoms with van der Waals surface area (Å²) < 4.78 is 0. The molecule has 0 radical (unpaired) electrons. The Balaban J connectivity index is 1.90. The maximum absolute atomic E-state index is 9.35. The second-order valence-electron chi connectivity index (χ2n) is 4.02. The number of rotatable bonds is 4. The fourth-order valence-corrected chi connectivity index (χ4v) is 1.62. The number of hydrogen-bond acceptors (Lipinski definition) is 5. The fourth-order valence-electron chi connectivity index (χ4n) is 1.62. The third-order valence-corrected chi connectivity index (χ3v) is 2.51. The largest absolute Gasteiger partial charge is 0.504 e. The number of hydrogen-bond donors (Lipinski definition) is 3. The Hall–Kier alpha value is -2.14. The molecule has 0 unspecified atom stereocenters. The molecule has 1 heterocycles. The van der Waals surface area contributed by atoms with Gasteiger partial charge in [0.05, 0.1) is 5.69 Å². The summed E-state index contributed by atoms with van der Waals surface area (Å²) >= 11 is 0. The van der Waals surface area contributed by atoms with Gasteiger partial charge >= 0.3 is 0 Å². The molecule has 1 aromatic carbocycles. The molecule has 18 heavy (non-hydrogen) atoms. The van der Waals surface area contributed by atoms with Crippen LogP contribution in [0.4, 0.5) is 0 Å². The second kappa shape index (κ2) is 5.46. The zero-order valence-electron chi connectivity index (χ0n) is 10.1. The lowest BCUT2D eigenvalue weighted by atomic mass is 10.2. The highest BCUT2D eigenvalue weighted by atomic mass is 16.3. The quantitative estimate of drug-likeness (QED) is 0.711. The monoisotopic (exact) mass is 245 g/mol. The van der Waals surface area contributed by atoms with Crippen LogP contribution in [0.25, 0.3) is 0 Å². The molecular formula is C13H15N3O2. The zero-order valence-corrected chi connectivity index (χ0v) is 10.1. The van der Waals surface area contributed by atoms with E-state index in [0.717, 1.165) is 17.1 Å². The van der Waals surface area contributed by atoms with Crippen LogP contribution in [0.1, 0.15) is 17.1 Å². The van der Waals surface area contributed by atoms with Gasteiger partial charge in [0.2, 0.25) is 0 Å². The fraction of sp³-hybridized carbons (Fsp3) is 0.231. The number of aromatic hydroxyl groups is 2. The summed E-state index contributed by atoms with van der Waals surface area (Å²) in [5, 5.41) is 21.8. The summed E-state index contributed by atoms with van der Waals surface area (Å²) in [6, 6.07) is 6.62. The SMILES string of the molecule is Cc1nccc(CNCc2ccc(O)c(O)c2)n1. The standard InChI is InChI=1S/C13H15N3O2/c1-9-15-5-4-11(16-9)8-14-7-10-2-3-12(17)13(18)6-10/h2-6,14,17-18H,7-8H2,1H3. The van der Waals surface area contributed by atoms with Gasteiger partial charge in [0.15, 0.2) is 11.5 Å². The molecule has 0 aliphatic heterocycles. The highest BCUT2D eigenvalue weighted by Gasteiger charge is 2.01. The summed E-state index contributed by atoms with van der Waals surface area (Å²) in [5.41, 5.74) is 1.82. The van der Waals surface area contributed by atoms with Gasteiger partial charge in [0.1, 0.15) is 5.82 Å². The van der Waals surface area contributed by atoms with Crippen molar-refractivity contribution in [2.45, 2.75) is 20.0 Å². The zero-order chi connectivity index (χ0) is 13.0. The van der Waals surface area contributed by atoms with Crippen LogP contribution < -0.4 is 5.32 Å². The minimum atomic E-state index is -0.106. The number of nitrogens with zero attached hydrogens (tertiary/aromatic N) is 2. The van der Waals surface area contributed by atoms with Crippen molar-refractivity contribution < 1.29 is 10.2 Å². The van der Waals surface area contributed by atoms with Crippen LogP contribution >= 0.6 is 0 Å². The van der Waals surface area contributed by atoms with E-state index in [0.29, 0.717) is 13.1 Å². The van der Waals surface area contributed by atoms with E-state index >= 15 is 0 Å². The number of phenolic OH excluding ortho intramolecular Hbond substituents is 2. The number of phenols is 2. The minimum absolute atomic E-state index is 0.104. The lowest BCUT2D eigenvalue weighted by Crippen LogP contribution is -2.14. The van der Waals surface area contributed by atoms with Crippen molar-refractivity contribution in [3.63, 3.8) is 0 Å². The van der Waals surface area contributed by atoms with E-state index in [2.05, 4.69) is 15.3 Å². The number of nitrogens with one attached hydrogen (secondary N) is 1. The Morgan fingerprint density at radius 2 is 1.94 bits per heavy atom. The summed E-state index contributed by atoms with van der Waals surface area (Å²) in [6.45, 7) is 3.07. The molecule has 0 spiro atoms. The first-order valence-electron chi connectivity index (χ1n) is 5.65. The first-order chi connectivity index (χ1) is 8.65. The van der Waals surface area contributed by atoms with Gasteiger partial charge in [-0.2, -0.15) is 0 Å². The van der Waals surface area contributed by atoms with Crippen LogP contribution in [0.3, 0.4) is 0 Å². The van der Waals surface area contributed by atoms with E-state index in [1.807, 2.05) is 13.0 Å². The van der Waals surface area contributed by atoms with Crippen LogP contribution in [-0.2, 0) is 13.1 Å². The van der Waals surface area contributed by atoms with Gasteiger partial charge in [0, 0.05) is 19.3 Å². The third kappa shape index (κ3) is 3.18. The Bertz CT molecular complexity index is 544. The molecule has 0 saturated carbocycles. The normalized spacial score (nSPS) is 10.5. The molecule has 5 heteroatoms. The Labute approximate surface area is 105 Å². The van der Waals surface area contributed by atoms with Crippen molar-refractivity contribution >= 4 is 0 Å². The van der Waals surface area contributed by atoms with E-state index < -0.39 is 0 Å². The Morgan fingerprint density at radius 3 is 2.67 bits per heavy atom. The van der Waals surface area contributed by atoms with E-state index in [1.54, 1.807) is 12.3 Å². The Morgan fingerprint density at radius 1 is 1.11 bits per heavy atom. The summed E-state index contributed by atoms with van der Waals surface area (Å²) in [4.78, 5) is 8.30. The highest BCUT2D eigenvalue weighted by molar-refractivity contribution is 5.40. The van der Waals surface area contributed by atoms with Crippen LogP contribution in [-0.4, -0.2) is 20.2 Å². The second-order valence-corrected chi connectivity index (χ2v) is 4.02. The molecule has 0 bridgehead atoms. The highest BCUT2D eigenvalue weighted by Crippen LogP contribution is 2.24. The topological polar surface area (TPSA) is 78.3 Å². The molecule has 0 fully saturated rings. The molecule has 2 rings (SSSR count). The molecule has 1 aromatic heterocycles. The average Bonchev–Trinajstić information content (AvgIpc) is 2.34.